The molecule has 0 aromatic heterocycles. The van der Waals surface area contributed by atoms with Crippen molar-refractivity contribution >= 4 is 11.9 Å². The highest BCUT2D eigenvalue weighted by Crippen LogP contribution is 2.41. The molecule has 1 aliphatic rings. The van der Waals surface area contributed by atoms with Gasteiger partial charge in [-0.25, -0.2) is 0 Å². The predicted octanol–water partition coefficient (Wildman–Crippen LogP) is 7.99. The lowest BCUT2D eigenvalue weighted by molar-refractivity contribution is -0.142. The number of esters is 1. The summed E-state index contributed by atoms with van der Waals surface area (Å²) in [5.41, 5.74) is 3.06. The summed E-state index contributed by atoms with van der Waals surface area (Å²) in [5.74, 6) is 1.41. The highest BCUT2D eigenvalue weighted by Gasteiger charge is 2.43. The highest BCUT2D eigenvalue weighted by molar-refractivity contribution is 5.94. The molecule has 0 atom stereocenters. The molecule has 0 aliphatic heterocycles. The minimum Gasteiger partial charge on any atom is -0.494 e. The third kappa shape index (κ3) is 7.38. The number of hydrogen-bond acceptors (Lipinski definition) is 6. The summed E-state index contributed by atoms with van der Waals surface area (Å²) in [6.45, 7) is 3.23. The summed E-state index contributed by atoms with van der Waals surface area (Å²) in [6.07, 6.45) is 4.63. The van der Waals surface area contributed by atoms with Crippen molar-refractivity contribution in [2.24, 2.45) is 5.16 Å². The molecule has 1 fully saturated rings. The summed E-state index contributed by atoms with van der Waals surface area (Å²) in [6, 6.07) is 34.9. The smallest absolute Gasteiger partial charge is 0.321 e. The van der Waals surface area contributed by atoms with Crippen LogP contribution < -0.4 is 9.47 Å². The Kier molecular flexibility index (Phi) is 9.89. The molecule has 4 aromatic carbocycles. The van der Waals surface area contributed by atoms with Crippen LogP contribution >= 0.6 is 0 Å². The first-order valence-corrected chi connectivity index (χ1v) is 14.6. The molecular weight excluding hydrogens is 526 g/mol. The molecule has 6 heteroatoms. The molecule has 0 amide bonds. The SMILES string of the molecule is CCOc1ccc(C2(C(=O)Oc3ccc(C(=NOCc4ccccc4)OCc4ccccc4)cc3)CCCCC2)cc1. The molecule has 0 N–H and O–H groups in total. The van der Waals surface area contributed by atoms with E-state index in [0.717, 1.165) is 60.1 Å². The third-order valence-electron chi connectivity index (χ3n) is 7.57. The number of nitrogens with zero attached hydrogens (tertiary/aromatic N) is 1. The molecule has 0 heterocycles. The van der Waals surface area contributed by atoms with Crippen molar-refractivity contribution in [3.05, 3.63) is 131 Å². The van der Waals surface area contributed by atoms with Gasteiger partial charge in [0, 0.05) is 5.56 Å². The zero-order valence-corrected chi connectivity index (χ0v) is 24.0. The molecule has 1 saturated carbocycles. The van der Waals surface area contributed by atoms with Gasteiger partial charge in [0.1, 0.15) is 24.7 Å². The average Bonchev–Trinajstić information content (AvgIpc) is 3.05. The number of rotatable bonds is 11. The van der Waals surface area contributed by atoms with Gasteiger partial charge >= 0.3 is 5.97 Å². The van der Waals surface area contributed by atoms with E-state index in [4.69, 9.17) is 19.0 Å². The molecule has 6 nitrogen and oxygen atoms in total. The molecule has 0 radical (unpaired) electrons. The van der Waals surface area contributed by atoms with Gasteiger partial charge in [0.25, 0.3) is 5.90 Å². The van der Waals surface area contributed by atoms with Gasteiger partial charge < -0.3 is 19.0 Å². The molecule has 0 bridgehead atoms. The van der Waals surface area contributed by atoms with Crippen LogP contribution in [0.15, 0.2) is 114 Å². The van der Waals surface area contributed by atoms with Crippen LogP contribution in [0.25, 0.3) is 0 Å². The number of benzene rings is 4. The minimum atomic E-state index is -0.668. The van der Waals surface area contributed by atoms with Gasteiger partial charge in [0.15, 0.2) is 0 Å². The quantitative estimate of drug-likeness (QED) is 0.0608. The molecular formula is C36H37NO5. The Morgan fingerprint density at radius 2 is 1.31 bits per heavy atom. The van der Waals surface area contributed by atoms with Gasteiger partial charge in [0.2, 0.25) is 0 Å². The van der Waals surface area contributed by atoms with E-state index in [1.165, 1.54) is 0 Å². The van der Waals surface area contributed by atoms with Crippen LogP contribution in [0.1, 0.15) is 61.3 Å². The lowest BCUT2D eigenvalue weighted by Gasteiger charge is -2.35. The lowest BCUT2D eigenvalue weighted by Crippen LogP contribution is -2.41. The summed E-state index contributed by atoms with van der Waals surface area (Å²) in [5, 5.41) is 4.32. The molecule has 216 valence electrons. The van der Waals surface area contributed by atoms with Gasteiger partial charge in [-0.3, -0.25) is 4.79 Å². The van der Waals surface area contributed by atoms with Crippen molar-refractivity contribution in [3.8, 4) is 11.5 Å². The number of carbonyl (C=O) groups excluding carboxylic acids is 1. The van der Waals surface area contributed by atoms with Crippen LogP contribution in [0.2, 0.25) is 0 Å². The van der Waals surface area contributed by atoms with Crippen LogP contribution in [0.3, 0.4) is 0 Å². The van der Waals surface area contributed by atoms with Crippen molar-refractivity contribution in [2.75, 3.05) is 6.61 Å². The van der Waals surface area contributed by atoms with Crippen LogP contribution in [0, 0.1) is 0 Å². The minimum absolute atomic E-state index is 0.223. The van der Waals surface area contributed by atoms with Crippen molar-refractivity contribution < 1.29 is 23.8 Å². The second kappa shape index (κ2) is 14.4. The zero-order chi connectivity index (χ0) is 29.0. The summed E-state index contributed by atoms with van der Waals surface area (Å²) >= 11 is 0. The Balaban J connectivity index is 1.31. The highest BCUT2D eigenvalue weighted by atomic mass is 16.6. The average molecular weight is 564 g/mol. The molecule has 42 heavy (non-hydrogen) atoms. The first kappa shape index (κ1) is 28.9. The van der Waals surface area contributed by atoms with Crippen molar-refractivity contribution in [1.29, 1.82) is 0 Å². The summed E-state index contributed by atoms with van der Waals surface area (Å²) < 4.78 is 17.7. The Bertz CT molecular complexity index is 1430. The van der Waals surface area contributed by atoms with E-state index < -0.39 is 5.41 Å². The number of oxime groups is 1. The van der Waals surface area contributed by atoms with E-state index >= 15 is 0 Å². The summed E-state index contributed by atoms with van der Waals surface area (Å²) in [7, 11) is 0. The van der Waals surface area contributed by atoms with Gasteiger partial charge in [-0.15, -0.1) is 0 Å². The van der Waals surface area contributed by atoms with Crippen LogP contribution in [-0.2, 0) is 33.0 Å². The van der Waals surface area contributed by atoms with E-state index in [0.29, 0.717) is 31.5 Å². The fourth-order valence-electron chi connectivity index (χ4n) is 5.30. The van der Waals surface area contributed by atoms with Crippen molar-refractivity contribution in [3.63, 3.8) is 0 Å². The predicted molar refractivity (Wildman–Crippen MR) is 163 cm³/mol. The van der Waals surface area contributed by atoms with E-state index in [1.807, 2.05) is 104 Å². The molecule has 1 aliphatic carbocycles. The Morgan fingerprint density at radius 3 is 1.93 bits per heavy atom. The fraction of sp³-hybridized carbons (Fsp3) is 0.278. The third-order valence-corrected chi connectivity index (χ3v) is 7.57. The Morgan fingerprint density at radius 1 is 0.714 bits per heavy atom. The Labute approximate surface area is 247 Å². The van der Waals surface area contributed by atoms with E-state index in [-0.39, 0.29) is 5.97 Å². The maximum absolute atomic E-state index is 13.7. The Hall–Kier alpha value is -4.58. The van der Waals surface area contributed by atoms with Crippen LogP contribution in [0.4, 0.5) is 0 Å². The second-order valence-corrected chi connectivity index (χ2v) is 10.4. The molecule has 0 unspecified atom stereocenters. The monoisotopic (exact) mass is 563 g/mol. The van der Waals surface area contributed by atoms with Crippen LogP contribution in [0.5, 0.6) is 11.5 Å². The zero-order valence-electron chi connectivity index (χ0n) is 24.0. The van der Waals surface area contributed by atoms with Crippen molar-refractivity contribution in [2.45, 2.75) is 57.7 Å². The van der Waals surface area contributed by atoms with Crippen LogP contribution in [-0.4, -0.2) is 18.5 Å². The topological polar surface area (TPSA) is 66.4 Å². The number of hydrogen-bond donors (Lipinski definition) is 0. The molecule has 0 saturated heterocycles. The van der Waals surface area contributed by atoms with Gasteiger partial charge in [-0.2, -0.15) is 0 Å². The molecule has 0 spiro atoms. The van der Waals surface area contributed by atoms with Gasteiger partial charge in [-0.05, 0) is 78.0 Å². The fourth-order valence-corrected chi connectivity index (χ4v) is 5.30. The van der Waals surface area contributed by atoms with Gasteiger partial charge in [-0.1, -0.05) is 92.1 Å². The maximum atomic E-state index is 13.7. The summed E-state index contributed by atoms with van der Waals surface area (Å²) in [4.78, 5) is 19.4. The molecule has 5 rings (SSSR count). The maximum Gasteiger partial charge on any atom is 0.321 e. The van der Waals surface area contributed by atoms with E-state index in [9.17, 15) is 4.79 Å². The lowest BCUT2D eigenvalue weighted by atomic mass is 9.69. The number of carbonyl (C=O) groups is 1. The second-order valence-electron chi connectivity index (χ2n) is 10.4. The largest absolute Gasteiger partial charge is 0.494 e. The normalized spacial score (nSPS) is 14.5. The van der Waals surface area contributed by atoms with Crippen molar-refractivity contribution in [1.82, 2.24) is 0 Å². The number of ether oxygens (including phenoxy) is 3. The first-order chi connectivity index (χ1) is 20.7. The molecule has 4 aromatic rings. The standard InChI is InChI=1S/C36H37NO5/c1-2-39-32-22-18-31(19-23-32)36(24-10-5-11-25-36)35(38)42-33-20-16-30(17-21-33)34(40-26-28-12-6-3-7-13-28)37-41-27-29-14-8-4-9-15-29/h3-4,6-9,12-23H,2,5,10-11,24-27H2,1H3. The van der Waals surface area contributed by atoms with E-state index in [2.05, 4.69) is 5.16 Å². The van der Waals surface area contributed by atoms with E-state index in [1.54, 1.807) is 12.1 Å². The first-order valence-electron chi connectivity index (χ1n) is 14.6. The van der Waals surface area contributed by atoms with Gasteiger partial charge in [0.05, 0.1) is 12.0 Å².